The number of hydrogen-bond acceptors (Lipinski definition) is 5. The van der Waals surface area contributed by atoms with Gasteiger partial charge in [-0.15, -0.1) is 0 Å². The van der Waals surface area contributed by atoms with Gasteiger partial charge in [-0.2, -0.15) is 0 Å². The number of nitrogens with zero attached hydrogens (tertiary/aromatic N) is 2. The molecule has 2 rings (SSSR count). The van der Waals surface area contributed by atoms with E-state index in [0.29, 0.717) is 11.9 Å². The van der Waals surface area contributed by atoms with Gasteiger partial charge in [0.1, 0.15) is 11.6 Å². The first-order chi connectivity index (χ1) is 7.78. The lowest BCUT2D eigenvalue weighted by atomic mass is 9.95. The Bertz CT molecular complexity index is 350. The zero-order valence-electron chi connectivity index (χ0n) is 9.57. The van der Waals surface area contributed by atoms with Gasteiger partial charge in [0.15, 0.2) is 5.16 Å². The van der Waals surface area contributed by atoms with Crippen molar-refractivity contribution in [3.8, 4) is 0 Å². The van der Waals surface area contributed by atoms with Gasteiger partial charge in [0, 0.05) is 12.1 Å². The van der Waals surface area contributed by atoms with E-state index >= 15 is 0 Å². The maximum absolute atomic E-state index is 5.74. The molecule has 5 heteroatoms. The van der Waals surface area contributed by atoms with E-state index in [0.717, 1.165) is 11.0 Å². The second-order valence-corrected chi connectivity index (χ2v) is 4.92. The topological polar surface area (TPSA) is 63.8 Å². The van der Waals surface area contributed by atoms with Gasteiger partial charge >= 0.3 is 0 Å². The zero-order valence-corrected chi connectivity index (χ0v) is 10.4. The van der Waals surface area contributed by atoms with Crippen molar-refractivity contribution < 1.29 is 0 Å². The van der Waals surface area contributed by atoms with Gasteiger partial charge in [-0.1, -0.05) is 31.0 Å². The number of anilines is 2. The smallest absolute Gasteiger partial charge is 0.191 e. The third kappa shape index (κ3) is 3.01. The van der Waals surface area contributed by atoms with Crippen LogP contribution in [0.3, 0.4) is 0 Å². The molecule has 0 aliphatic heterocycles. The van der Waals surface area contributed by atoms with Crippen LogP contribution in [-0.2, 0) is 0 Å². The fourth-order valence-corrected chi connectivity index (χ4v) is 2.45. The second-order valence-electron chi connectivity index (χ2n) is 4.14. The Hall–Kier alpha value is -0.970. The molecule has 1 heterocycles. The maximum atomic E-state index is 5.74. The van der Waals surface area contributed by atoms with Crippen molar-refractivity contribution in [1.29, 1.82) is 0 Å². The van der Waals surface area contributed by atoms with Crippen LogP contribution in [0, 0.1) is 0 Å². The third-order valence-electron chi connectivity index (χ3n) is 2.87. The van der Waals surface area contributed by atoms with Crippen LogP contribution in [0.15, 0.2) is 11.2 Å². The lowest BCUT2D eigenvalue weighted by Gasteiger charge is -2.23. The lowest BCUT2D eigenvalue weighted by Crippen LogP contribution is -2.23. The highest BCUT2D eigenvalue weighted by atomic mass is 32.2. The second kappa shape index (κ2) is 5.39. The van der Waals surface area contributed by atoms with E-state index in [4.69, 9.17) is 5.73 Å². The summed E-state index contributed by atoms with van der Waals surface area (Å²) in [5.74, 6) is 1.40. The fraction of sp³-hybridized carbons (Fsp3) is 0.636. The molecule has 0 amide bonds. The molecule has 1 aromatic heterocycles. The van der Waals surface area contributed by atoms with E-state index in [9.17, 15) is 0 Å². The van der Waals surface area contributed by atoms with Crippen LogP contribution < -0.4 is 11.1 Å². The van der Waals surface area contributed by atoms with E-state index in [1.165, 1.54) is 43.9 Å². The Kier molecular flexibility index (Phi) is 3.88. The molecule has 0 aromatic carbocycles. The number of hydrogen-bond donors (Lipinski definition) is 2. The highest BCUT2D eigenvalue weighted by Crippen LogP contribution is 2.22. The summed E-state index contributed by atoms with van der Waals surface area (Å²) in [5.41, 5.74) is 5.74. The predicted molar refractivity (Wildman–Crippen MR) is 68.7 cm³/mol. The molecular weight excluding hydrogens is 220 g/mol. The van der Waals surface area contributed by atoms with Crippen molar-refractivity contribution >= 4 is 23.4 Å². The molecule has 1 aromatic rings. The summed E-state index contributed by atoms with van der Waals surface area (Å²) in [6, 6.07) is 2.37. The molecule has 1 aliphatic rings. The predicted octanol–water partition coefficient (Wildman–Crippen LogP) is 2.53. The molecule has 88 valence electrons. The summed E-state index contributed by atoms with van der Waals surface area (Å²) in [7, 11) is 0. The number of aromatic nitrogens is 2. The number of nitrogen functional groups attached to an aromatic ring is 1. The molecule has 0 atom stereocenters. The molecule has 3 N–H and O–H groups in total. The maximum Gasteiger partial charge on any atom is 0.191 e. The van der Waals surface area contributed by atoms with Crippen molar-refractivity contribution in [1.82, 2.24) is 9.97 Å². The average Bonchev–Trinajstić information content (AvgIpc) is 2.29. The molecule has 0 bridgehead atoms. The highest BCUT2D eigenvalue weighted by Gasteiger charge is 2.14. The van der Waals surface area contributed by atoms with Crippen molar-refractivity contribution in [2.75, 3.05) is 17.3 Å². The van der Waals surface area contributed by atoms with E-state index in [1.54, 1.807) is 0 Å². The summed E-state index contributed by atoms with van der Waals surface area (Å²) in [6.45, 7) is 0. The SMILES string of the molecule is CSc1nc(N)cc(NC2CCCCC2)n1. The average molecular weight is 238 g/mol. The Morgan fingerprint density at radius 2 is 2.06 bits per heavy atom. The molecule has 1 saturated carbocycles. The number of rotatable bonds is 3. The van der Waals surface area contributed by atoms with Crippen molar-refractivity contribution in [3.63, 3.8) is 0 Å². The highest BCUT2D eigenvalue weighted by molar-refractivity contribution is 7.98. The van der Waals surface area contributed by atoms with Crippen LogP contribution >= 0.6 is 11.8 Å². The van der Waals surface area contributed by atoms with Crippen LogP contribution in [-0.4, -0.2) is 22.3 Å². The molecule has 0 spiro atoms. The molecular formula is C11H18N4S. The monoisotopic (exact) mass is 238 g/mol. The van der Waals surface area contributed by atoms with E-state index in [-0.39, 0.29) is 0 Å². The summed E-state index contributed by atoms with van der Waals surface area (Å²) in [5, 5.41) is 4.19. The summed E-state index contributed by atoms with van der Waals surface area (Å²) in [6.07, 6.45) is 8.41. The van der Waals surface area contributed by atoms with Crippen LogP contribution in [0.1, 0.15) is 32.1 Å². The molecule has 0 radical (unpaired) electrons. The van der Waals surface area contributed by atoms with Gasteiger partial charge in [-0.25, -0.2) is 9.97 Å². The van der Waals surface area contributed by atoms with Gasteiger partial charge in [0.05, 0.1) is 0 Å². The number of nitrogens with two attached hydrogens (primary N) is 1. The minimum atomic E-state index is 0.539. The van der Waals surface area contributed by atoms with Crippen LogP contribution in [0.4, 0.5) is 11.6 Å². The Balaban J connectivity index is 2.04. The Morgan fingerprint density at radius 3 is 2.75 bits per heavy atom. The van der Waals surface area contributed by atoms with Gasteiger partial charge in [-0.3, -0.25) is 0 Å². The van der Waals surface area contributed by atoms with Gasteiger partial charge in [0.2, 0.25) is 0 Å². The molecule has 0 saturated heterocycles. The summed E-state index contributed by atoms with van der Waals surface area (Å²) >= 11 is 1.52. The first kappa shape index (κ1) is 11.5. The van der Waals surface area contributed by atoms with E-state index < -0.39 is 0 Å². The molecule has 0 unspecified atom stereocenters. The first-order valence-electron chi connectivity index (χ1n) is 5.73. The number of nitrogens with one attached hydrogen (secondary N) is 1. The molecule has 4 nitrogen and oxygen atoms in total. The summed E-state index contributed by atoms with van der Waals surface area (Å²) < 4.78 is 0. The fourth-order valence-electron chi connectivity index (χ4n) is 2.06. The van der Waals surface area contributed by atoms with Crippen LogP contribution in [0.5, 0.6) is 0 Å². The van der Waals surface area contributed by atoms with Gasteiger partial charge in [-0.05, 0) is 19.1 Å². The van der Waals surface area contributed by atoms with Crippen LogP contribution in [0.25, 0.3) is 0 Å². The number of thioether (sulfide) groups is 1. The van der Waals surface area contributed by atoms with Crippen molar-refractivity contribution in [2.45, 2.75) is 43.3 Å². The minimum absolute atomic E-state index is 0.539. The van der Waals surface area contributed by atoms with E-state index in [2.05, 4.69) is 15.3 Å². The van der Waals surface area contributed by atoms with Crippen molar-refractivity contribution in [3.05, 3.63) is 6.07 Å². The van der Waals surface area contributed by atoms with Gasteiger partial charge in [0.25, 0.3) is 0 Å². The Morgan fingerprint density at radius 1 is 1.31 bits per heavy atom. The minimum Gasteiger partial charge on any atom is -0.383 e. The van der Waals surface area contributed by atoms with Gasteiger partial charge < -0.3 is 11.1 Å². The lowest BCUT2D eigenvalue weighted by molar-refractivity contribution is 0.461. The normalized spacial score (nSPS) is 17.3. The molecule has 1 fully saturated rings. The Labute approximate surface area is 100 Å². The third-order valence-corrected chi connectivity index (χ3v) is 3.41. The largest absolute Gasteiger partial charge is 0.383 e. The first-order valence-corrected chi connectivity index (χ1v) is 6.95. The van der Waals surface area contributed by atoms with Crippen LogP contribution in [0.2, 0.25) is 0 Å². The van der Waals surface area contributed by atoms with E-state index in [1.807, 2.05) is 12.3 Å². The summed E-state index contributed by atoms with van der Waals surface area (Å²) in [4.78, 5) is 8.54. The quantitative estimate of drug-likeness (QED) is 0.626. The standard InChI is InChI=1S/C11H18N4S/c1-16-11-14-9(12)7-10(15-11)13-8-5-3-2-4-6-8/h7-8H,2-6H2,1H3,(H3,12,13,14,15). The molecule has 16 heavy (non-hydrogen) atoms. The molecule has 1 aliphatic carbocycles. The zero-order chi connectivity index (χ0) is 11.4. The van der Waals surface area contributed by atoms with Crippen molar-refractivity contribution in [2.24, 2.45) is 0 Å².